The Morgan fingerprint density at radius 2 is 1.66 bits per heavy atom. The van der Waals surface area contributed by atoms with Gasteiger partial charge in [0.2, 0.25) is 0 Å². The zero-order valence-electron chi connectivity index (χ0n) is 16.1. The number of rotatable bonds is 8. The van der Waals surface area contributed by atoms with Crippen molar-refractivity contribution in [2.45, 2.75) is 31.1 Å². The highest BCUT2D eigenvalue weighted by atomic mass is 35.5. The lowest BCUT2D eigenvalue weighted by Crippen LogP contribution is -2.16. The van der Waals surface area contributed by atoms with Crippen LogP contribution in [0.2, 0.25) is 5.02 Å². The van der Waals surface area contributed by atoms with E-state index >= 15 is 0 Å². The standard InChI is InChI=1S/C23H22ClNO3S/c1-2-3-7-17-10-13-20(14-11-17)29(27,28)25-22-15-12-19(24)16-21(22)23(26)18-8-5-4-6-9-18/h4-6,8-16,25H,2-3,7H2,1H3. The number of benzene rings is 3. The summed E-state index contributed by atoms with van der Waals surface area (Å²) >= 11 is 6.07. The quantitative estimate of drug-likeness (QED) is 0.468. The summed E-state index contributed by atoms with van der Waals surface area (Å²) in [5.74, 6) is -0.305. The second kappa shape index (κ2) is 9.25. The van der Waals surface area contributed by atoms with Crippen LogP contribution in [0, 0.1) is 0 Å². The van der Waals surface area contributed by atoms with Crippen LogP contribution in [0.1, 0.15) is 41.3 Å². The van der Waals surface area contributed by atoms with Gasteiger partial charge in [0.05, 0.1) is 10.6 Å². The molecule has 0 heterocycles. The second-order valence-electron chi connectivity index (χ2n) is 6.74. The lowest BCUT2D eigenvalue weighted by molar-refractivity contribution is 0.103. The van der Waals surface area contributed by atoms with Crippen molar-refractivity contribution in [3.8, 4) is 0 Å². The molecule has 0 aliphatic heterocycles. The molecule has 1 N–H and O–H groups in total. The van der Waals surface area contributed by atoms with Crippen LogP contribution in [0.15, 0.2) is 77.7 Å². The number of carbonyl (C=O) groups is 1. The highest BCUT2D eigenvalue weighted by Gasteiger charge is 2.20. The third-order valence-electron chi connectivity index (χ3n) is 4.56. The molecule has 3 aromatic rings. The molecule has 0 aliphatic rings. The average molecular weight is 428 g/mol. The lowest BCUT2D eigenvalue weighted by Gasteiger charge is -2.13. The molecule has 3 aromatic carbocycles. The number of unbranched alkanes of at least 4 members (excludes halogenated alkanes) is 1. The Balaban J connectivity index is 1.90. The molecule has 0 fully saturated rings. The number of aryl methyl sites for hydroxylation is 1. The Hall–Kier alpha value is -2.63. The van der Waals surface area contributed by atoms with Crippen molar-refractivity contribution >= 4 is 33.1 Å². The molecule has 150 valence electrons. The van der Waals surface area contributed by atoms with Crippen LogP contribution in [0.3, 0.4) is 0 Å². The van der Waals surface area contributed by atoms with E-state index < -0.39 is 10.0 Å². The molecule has 0 bridgehead atoms. The van der Waals surface area contributed by atoms with E-state index in [-0.39, 0.29) is 21.9 Å². The zero-order valence-corrected chi connectivity index (χ0v) is 17.6. The van der Waals surface area contributed by atoms with Crippen molar-refractivity contribution in [1.29, 1.82) is 0 Å². The van der Waals surface area contributed by atoms with Gasteiger partial charge in [-0.25, -0.2) is 8.42 Å². The molecule has 0 unspecified atom stereocenters. The molecule has 3 rings (SSSR count). The lowest BCUT2D eigenvalue weighted by atomic mass is 10.0. The Morgan fingerprint density at radius 3 is 2.31 bits per heavy atom. The average Bonchev–Trinajstić information content (AvgIpc) is 2.74. The van der Waals surface area contributed by atoms with E-state index in [1.807, 2.05) is 18.2 Å². The molecule has 0 aromatic heterocycles. The molecule has 0 atom stereocenters. The van der Waals surface area contributed by atoms with E-state index in [1.54, 1.807) is 42.5 Å². The van der Waals surface area contributed by atoms with Crippen molar-refractivity contribution < 1.29 is 13.2 Å². The Labute approximate surface area is 176 Å². The largest absolute Gasteiger partial charge is 0.289 e. The van der Waals surface area contributed by atoms with Crippen molar-refractivity contribution in [3.63, 3.8) is 0 Å². The van der Waals surface area contributed by atoms with Gasteiger partial charge in [0, 0.05) is 16.1 Å². The third-order valence-corrected chi connectivity index (χ3v) is 6.18. The molecule has 0 aliphatic carbocycles. The van der Waals surface area contributed by atoms with Crippen LogP contribution >= 0.6 is 11.6 Å². The molecule has 0 radical (unpaired) electrons. The molecular formula is C23H22ClNO3S. The highest BCUT2D eigenvalue weighted by Crippen LogP contribution is 2.26. The minimum absolute atomic E-state index is 0.144. The minimum Gasteiger partial charge on any atom is -0.289 e. The van der Waals surface area contributed by atoms with Crippen molar-refractivity contribution in [2.24, 2.45) is 0 Å². The van der Waals surface area contributed by atoms with Gasteiger partial charge in [-0.2, -0.15) is 0 Å². The maximum Gasteiger partial charge on any atom is 0.261 e. The number of hydrogen-bond donors (Lipinski definition) is 1. The van der Waals surface area contributed by atoms with Gasteiger partial charge in [-0.15, -0.1) is 0 Å². The number of halogens is 1. The number of hydrogen-bond acceptors (Lipinski definition) is 3. The van der Waals surface area contributed by atoms with Crippen molar-refractivity contribution in [3.05, 3.63) is 94.5 Å². The highest BCUT2D eigenvalue weighted by molar-refractivity contribution is 7.92. The van der Waals surface area contributed by atoms with E-state index in [4.69, 9.17) is 11.6 Å². The first-order chi connectivity index (χ1) is 13.9. The van der Waals surface area contributed by atoms with Crippen molar-refractivity contribution in [1.82, 2.24) is 0 Å². The van der Waals surface area contributed by atoms with Gasteiger partial charge >= 0.3 is 0 Å². The van der Waals surface area contributed by atoms with Gasteiger partial charge in [-0.3, -0.25) is 9.52 Å². The number of sulfonamides is 1. The predicted molar refractivity (Wildman–Crippen MR) is 117 cm³/mol. The van der Waals surface area contributed by atoms with Gasteiger partial charge in [0.15, 0.2) is 5.78 Å². The SMILES string of the molecule is CCCCc1ccc(S(=O)(=O)Nc2ccc(Cl)cc2C(=O)c2ccccc2)cc1. The fourth-order valence-electron chi connectivity index (χ4n) is 2.96. The van der Waals surface area contributed by atoms with Crippen LogP contribution in [-0.2, 0) is 16.4 Å². The maximum atomic E-state index is 12.9. The summed E-state index contributed by atoms with van der Waals surface area (Å²) < 4.78 is 28.3. The summed E-state index contributed by atoms with van der Waals surface area (Å²) in [6.45, 7) is 2.11. The summed E-state index contributed by atoms with van der Waals surface area (Å²) in [7, 11) is -3.85. The number of ketones is 1. The van der Waals surface area contributed by atoms with E-state index in [1.165, 1.54) is 12.1 Å². The van der Waals surface area contributed by atoms with Crippen LogP contribution in [0.5, 0.6) is 0 Å². The first-order valence-electron chi connectivity index (χ1n) is 9.42. The summed E-state index contributed by atoms with van der Waals surface area (Å²) in [6.07, 6.45) is 3.05. The van der Waals surface area contributed by atoms with Crippen LogP contribution in [0.4, 0.5) is 5.69 Å². The molecular weight excluding hydrogens is 406 g/mol. The van der Waals surface area contributed by atoms with Crippen molar-refractivity contribution in [2.75, 3.05) is 4.72 Å². The van der Waals surface area contributed by atoms with E-state index in [2.05, 4.69) is 11.6 Å². The first-order valence-corrected chi connectivity index (χ1v) is 11.3. The van der Waals surface area contributed by atoms with E-state index in [0.29, 0.717) is 10.6 Å². The van der Waals surface area contributed by atoms with Crippen LogP contribution < -0.4 is 4.72 Å². The summed E-state index contributed by atoms with van der Waals surface area (Å²) in [5.41, 5.74) is 1.94. The topological polar surface area (TPSA) is 63.2 Å². The molecule has 0 saturated carbocycles. The monoisotopic (exact) mass is 427 g/mol. The number of anilines is 1. The van der Waals surface area contributed by atoms with Gasteiger partial charge in [0.25, 0.3) is 10.0 Å². The summed E-state index contributed by atoms with van der Waals surface area (Å²) in [6, 6.07) is 20.0. The van der Waals surface area contributed by atoms with Gasteiger partial charge in [0.1, 0.15) is 0 Å². The van der Waals surface area contributed by atoms with Gasteiger partial charge in [-0.1, -0.05) is 67.4 Å². The summed E-state index contributed by atoms with van der Waals surface area (Å²) in [4.78, 5) is 13.0. The smallest absolute Gasteiger partial charge is 0.261 e. The molecule has 6 heteroatoms. The van der Waals surface area contributed by atoms with Gasteiger partial charge < -0.3 is 0 Å². The van der Waals surface area contributed by atoms with Crippen LogP contribution in [0.25, 0.3) is 0 Å². The number of carbonyl (C=O) groups excluding carboxylic acids is 1. The Kier molecular flexibility index (Phi) is 6.72. The Morgan fingerprint density at radius 1 is 0.966 bits per heavy atom. The second-order valence-corrected chi connectivity index (χ2v) is 8.86. The fraction of sp³-hybridized carbons (Fsp3) is 0.174. The van der Waals surface area contributed by atoms with Gasteiger partial charge in [-0.05, 0) is 48.7 Å². The van der Waals surface area contributed by atoms with E-state index in [9.17, 15) is 13.2 Å². The molecule has 4 nitrogen and oxygen atoms in total. The Bertz CT molecular complexity index is 1090. The zero-order chi connectivity index (χ0) is 20.9. The third kappa shape index (κ3) is 5.25. The predicted octanol–water partition coefficient (Wildman–Crippen LogP) is 5.71. The van der Waals surface area contributed by atoms with E-state index in [0.717, 1.165) is 24.8 Å². The maximum absolute atomic E-state index is 12.9. The first kappa shape index (κ1) is 21.1. The molecule has 0 amide bonds. The number of nitrogens with one attached hydrogen (secondary N) is 1. The minimum atomic E-state index is -3.85. The van der Waals surface area contributed by atoms with Crippen LogP contribution in [-0.4, -0.2) is 14.2 Å². The normalized spacial score (nSPS) is 11.2. The molecule has 0 spiro atoms. The fourth-order valence-corrected chi connectivity index (χ4v) is 4.21. The molecule has 29 heavy (non-hydrogen) atoms. The molecule has 0 saturated heterocycles. The summed E-state index contributed by atoms with van der Waals surface area (Å²) in [5, 5.41) is 0.354.